The lowest BCUT2D eigenvalue weighted by atomic mass is 9.46. The number of rotatable bonds is 4. The molecule has 0 aromatic carbocycles. The molecule has 0 radical (unpaired) electrons. The van der Waals surface area contributed by atoms with Crippen molar-refractivity contribution in [2.24, 2.45) is 28.6 Å². The normalized spacial score (nSPS) is 45.1. The molecule has 7 nitrogen and oxygen atoms in total. The number of carbonyl (C=O) groups excluding carboxylic acids is 3. The fourth-order valence-corrected chi connectivity index (χ4v) is 7.76. The van der Waals surface area contributed by atoms with Crippen LogP contribution in [0.25, 0.3) is 0 Å². The van der Waals surface area contributed by atoms with Crippen molar-refractivity contribution < 1.29 is 34.1 Å². The van der Waals surface area contributed by atoms with Crippen LogP contribution in [0.4, 0.5) is 0 Å². The molecule has 0 amide bonds. The quantitative estimate of drug-likeness (QED) is 0.503. The second-order valence-corrected chi connectivity index (χ2v) is 10.9. The molecule has 4 aliphatic rings. The van der Waals surface area contributed by atoms with E-state index < -0.39 is 35.5 Å². The molecule has 0 heterocycles. The first-order valence-corrected chi connectivity index (χ1v) is 11.9. The van der Waals surface area contributed by atoms with E-state index in [4.69, 9.17) is 9.47 Å². The molecule has 32 heavy (non-hydrogen) atoms. The summed E-state index contributed by atoms with van der Waals surface area (Å²) in [5.74, 6) is -0.761. The lowest BCUT2D eigenvalue weighted by Crippen LogP contribution is -2.61. The Bertz CT molecular complexity index is 849. The van der Waals surface area contributed by atoms with Crippen molar-refractivity contribution in [1.82, 2.24) is 0 Å². The second-order valence-electron chi connectivity index (χ2n) is 10.9. The first kappa shape index (κ1) is 23.4. The summed E-state index contributed by atoms with van der Waals surface area (Å²) in [6, 6.07) is 0. The average Bonchev–Trinajstić information content (AvgIpc) is 2.93. The monoisotopic (exact) mass is 448 g/mol. The predicted octanol–water partition coefficient (Wildman–Crippen LogP) is 2.71. The zero-order valence-electron chi connectivity index (χ0n) is 19.6. The summed E-state index contributed by atoms with van der Waals surface area (Å²) in [5, 5.41) is 22.5. The number of esters is 2. The third-order valence-corrected chi connectivity index (χ3v) is 9.44. The van der Waals surface area contributed by atoms with Gasteiger partial charge in [-0.2, -0.15) is 0 Å². The van der Waals surface area contributed by atoms with Crippen LogP contribution < -0.4 is 0 Å². The van der Waals surface area contributed by atoms with Crippen molar-refractivity contribution in [2.75, 3.05) is 6.61 Å². The van der Waals surface area contributed by atoms with Gasteiger partial charge in [0.1, 0.15) is 6.10 Å². The fraction of sp³-hybridized carbons (Fsp3) is 0.800. The Morgan fingerprint density at radius 1 is 1.09 bits per heavy atom. The van der Waals surface area contributed by atoms with Crippen LogP contribution in [0.1, 0.15) is 72.6 Å². The highest BCUT2D eigenvalue weighted by Crippen LogP contribution is 2.67. The Hall–Kier alpha value is -1.73. The minimum Gasteiger partial charge on any atom is -0.462 e. The molecule has 7 heteroatoms. The van der Waals surface area contributed by atoms with Gasteiger partial charge >= 0.3 is 11.9 Å². The zero-order chi connectivity index (χ0) is 23.5. The lowest BCUT2D eigenvalue weighted by Gasteiger charge is -2.58. The van der Waals surface area contributed by atoms with Gasteiger partial charge in [-0.15, -0.1) is 0 Å². The van der Waals surface area contributed by atoms with Gasteiger partial charge in [0.15, 0.2) is 12.2 Å². The molecule has 0 saturated heterocycles. The van der Waals surface area contributed by atoms with Crippen molar-refractivity contribution in [3.8, 4) is 0 Å². The maximum Gasteiger partial charge on any atom is 0.303 e. The number of ether oxygens (including phenoxy) is 2. The Balaban J connectivity index is 1.59. The van der Waals surface area contributed by atoms with Crippen molar-refractivity contribution in [3.63, 3.8) is 0 Å². The first-order chi connectivity index (χ1) is 14.9. The molecule has 0 aromatic heterocycles. The molecule has 0 spiro atoms. The molecule has 0 unspecified atom stereocenters. The SMILES string of the molecule is CC(=O)OCC(=O)[C@@]1(O)[C@H](O)C[C@@H]2[C@@H]3CC=C4C[C@H](OC(C)=O)CC[C@]4(C)[C@@H]3CC[C@]21C. The van der Waals surface area contributed by atoms with Crippen LogP contribution in [0, 0.1) is 28.6 Å². The van der Waals surface area contributed by atoms with Crippen LogP contribution in [0.5, 0.6) is 0 Å². The Morgan fingerprint density at radius 3 is 2.47 bits per heavy atom. The molecule has 8 atom stereocenters. The number of Topliss-reactive ketones (excluding diaryl/α,β-unsaturated/α-hetero) is 1. The van der Waals surface area contributed by atoms with E-state index in [1.807, 2.05) is 6.92 Å². The summed E-state index contributed by atoms with van der Waals surface area (Å²) in [6.45, 7) is 6.40. The molecule has 2 N–H and O–H groups in total. The second kappa shape index (κ2) is 7.94. The topological polar surface area (TPSA) is 110 Å². The summed E-state index contributed by atoms with van der Waals surface area (Å²) in [6.07, 6.45) is 6.31. The van der Waals surface area contributed by atoms with Gasteiger partial charge in [-0.25, -0.2) is 0 Å². The number of carbonyl (C=O) groups is 3. The summed E-state index contributed by atoms with van der Waals surface area (Å²) < 4.78 is 10.4. The third kappa shape index (κ3) is 3.35. The smallest absolute Gasteiger partial charge is 0.303 e. The molecule has 4 rings (SSSR count). The third-order valence-electron chi connectivity index (χ3n) is 9.44. The van der Waals surface area contributed by atoms with Gasteiger partial charge < -0.3 is 19.7 Å². The first-order valence-electron chi connectivity index (χ1n) is 11.9. The Labute approximate surface area is 189 Å². The standard InChI is InChI=1S/C25H36O7/c1-14(26)31-13-22(29)25(30)21(28)12-20-18-6-5-16-11-17(32-15(2)27)7-9-23(16,3)19(18)8-10-24(20,25)4/h5,17-21,28,30H,6-13H2,1-4H3/t17-,18-,19-,20-,21-,23+,24-,25+/m1/s1. The van der Waals surface area contributed by atoms with Crippen molar-refractivity contribution in [1.29, 1.82) is 0 Å². The van der Waals surface area contributed by atoms with Gasteiger partial charge in [0.2, 0.25) is 5.78 Å². The lowest BCUT2D eigenvalue weighted by molar-refractivity contribution is -0.181. The number of fused-ring (bicyclic) bond motifs is 5. The summed E-state index contributed by atoms with van der Waals surface area (Å²) in [7, 11) is 0. The minimum atomic E-state index is -1.91. The molecule has 3 fully saturated rings. The minimum absolute atomic E-state index is 0.00310. The van der Waals surface area contributed by atoms with Crippen molar-refractivity contribution >= 4 is 17.7 Å². The van der Waals surface area contributed by atoms with Crippen molar-refractivity contribution in [3.05, 3.63) is 11.6 Å². The van der Waals surface area contributed by atoms with Gasteiger partial charge in [0.25, 0.3) is 0 Å². The van der Waals surface area contributed by atoms with E-state index in [-0.39, 0.29) is 29.3 Å². The van der Waals surface area contributed by atoms with Crippen molar-refractivity contribution in [2.45, 2.75) is 90.4 Å². The van der Waals surface area contributed by atoms with Gasteiger partial charge in [0, 0.05) is 25.7 Å². The van der Waals surface area contributed by atoms with Crippen LogP contribution in [-0.4, -0.2) is 52.4 Å². The highest BCUT2D eigenvalue weighted by Gasteiger charge is 2.69. The van der Waals surface area contributed by atoms with Gasteiger partial charge in [-0.1, -0.05) is 25.5 Å². The number of aliphatic hydroxyl groups excluding tert-OH is 1. The molecule has 3 saturated carbocycles. The number of aliphatic hydroxyl groups is 2. The van der Waals surface area contributed by atoms with E-state index in [0.717, 1.165) is 32.1 Å². The molecule has 0 aromatic rings. The maximum absolute atomic E-state index is 13.0. The van der Waals surface area contributed by atoms with Crippen LogP contribution in [-0.2, 0) is 23.9 Å². The van der Waals surface area contributed by atoms with Crippen LogP contribution in [0.3, 0.4) is 0 Å². The van der Waals surface area contributed by atoms with E-state index in [0.29, 0.717) is 18.8 Å². The molecular formula is C25H36O7. The van der Waals surface area contributed by atoms with E-state index in [1.54, 1.807) is 0 Å². The molecule has 178 valence electrons. The molecule has 0 bridgehead atoms. The highest BCUT2D eigenvalue weighted by atomic mass is 16.5. The van der Waals surface area contributed by atoms with E-state index in [1.165, 1.54) is 19.4 Å². The number of allylic oxidation sites excluding steroid dienone is 1. The number of hydrogen-bond donors (Lipinski definition) is 2. The van der Waals surface area contributed by atoms with Crippen LogP contribution in [0.15, 0.2) is 11.6 Å². The fourth-order valence-electron chi connectivity index (χ4n) is 7.76. The number of hydrogen-bond acceptors (Lipinski definition) is 7. The Morgan fingerprint density at radius 2 is 1.81 bits per heavy atom. The Kier molecular flexibility index (Phi) is 5.82. The highest BCUT2D eigenvalue weighted by molar-refractivity contribution is 5.91. The van der Waals surface area contributed by atoms with E-state index in [2.05, 4.69) is 13.0 Å². The van der Waals surface area contributed by atoms with Crippen LogP contribution in [0.2, 0.25) is 0 Å². The van der Waals surface area contributed by atoms with E-state index in [9.17, 15) is 24.6 Å². The maximum atomic E-state index is 13.0. The van der Waals surface area contributed by atoms with Gasteiger partial charge in [-0.3, -0.25) is 14.4 Å². The van der Waals surface area contributed by atoms with Gasteiger partial charge in [0.05, 0.1) is 6.10 Å². The zero-order valence-corrected chi connectivity index (χ0v) is 19.6. The largest absolute Gasteiger partial charge is 0.462 e. The summed E-state index contributed by atoms with van der Waals surface area (Å²) >= 11 is 0. The summed E-state index contributed by atoms with van der Waals surface area (Å²) in [5.41, 5.74) is -1.30. The van der Waals surface area contributed by atoms with E-state index >= 15 is 0 Å². The average molecular weight is 449 g/mol. The molecular weight excluding hydrogens is 412 g/mol. The molecule has 4 aliphatic carbocycles. The predicted molar refractivity (Wildman–Crippen MR) is 115 cm³/mol. The molecule has 0 aliphatic heterocycles. The van der Waals surface area contributed by atoms with Gasteiger partial charge in [-0.05, 0) is 61.7 Å². The van der Waals surface area contributed by atoms with Crippen LogP contribution >= 0.6 is 0 Å². The summed E-state index contributed by atoms with van der Waals surface area (Å²) in [4.78, 5) is 35.6. The number of ketones is 1.